The Morgan fingerprint density at radius 2 is 1.75 bits per heavy atom. The number of fused-ring (bicyclic) bond motifs is 1. The number of hydrogen-bond donors (Lipinski definition) is 2. The van der Waals surface area contributed by atoms with Gasteiger partial charge in [0, 0.05) is 11.8 Å². The van der Waals surface area contributed by atoms with Crippen LogP contribution in [-0.2, 0) is 4.79 Å². The number of halogens is 1. The SMILES string of the molecule is N#C/C(=C\c1cccc(NC(=O)c2ccccc2Cl)c1)C(=O)Nc1cc2c(cc1[N+](=O)[O-])OCCO2. The van der Waals surface area contributed by atoms with Gasteiger partial charge in [0.1, 0.15) is 30.5 Å². The summed E-state index contributed by atoms with van der Waals surface area (Å²) in [5.74, 6) is -0.849. The Hall–Kier alpha value is -4.88. The molecule has 1 aliphatic rings. The molecule has 0 fully saturated rings. The van der Waals surface area contributed by atoms with Crippen molar-refractivity contribution < 1.29 is 24.0 Å². The van der Waals surface area contributed by atoms with Gasteiger partial charge in [-0.15, -0.1) is 0 Å². The molecule has 0 atom stereocenters. The van der Waals surface area contributed by atoms with Crippen molar-refractivity contribution in [1.82, 2.24) is 0 Å². The van der Waals surface area contributed by atoms with Crippen LogP contribution in [0.4, 0.5) is 17.1 Å². The number of carbonyl (C=O) groups is 2. The lowest BCUT2D eigenvalue weighted by Crippen LogP contribution is -2.18. The van der Waals surface area contributed by atoms with Gasteiger partial charge in [-0.3, -0.25) is 19.7 Å². The first-order valence-corrected chi connectivity index (χ1v) is 10.9. The summed E-state index contributed by atoms with van der Waals surface area (Å²) < 4.78 is 10.8. The van der Waals surface area contributed by atoms with Crippen molar-refractivity contribution in [1.29, 1.82) is 5.26 Å². The number of benzene rings is 3. The van der Waals surface area contributed by atoms with Gasteiger partial charge in [-0.2, -0.15) is 5.26 Å². The van der Waals surface area contributed by atoms with Gasteiger partial charge in [0.2, 0.25) is 0 Å². The van der Waals surface area contributed by atoms with Crippen molar-refractivity contribution in [3.05, 3.63) is 92.5 Å². The first-order valence-electron chi connectivity index (χ1n) is 10.5. The largest absolute Gasteiger partial charge is 0.486 e. The van der Waals surface area contributed by atoms with Gasteiger partial charge in [0.05, 0.1) is 21.6 Å². The van der Waals surface area contributed by atoms with Gasteiger partial charge >= 0.3 is 0 Å². The molecule has 1 aliphatic heterocycles. The molecule has 0 bridgehead atoms. The van der Waals surface area contributed by atoms with Crippen molar-refractivity contribution in [2.24, 2.45) is 0 Å². The van der Waals surface area contributed by atoms with Crippen LogP contribution in [0.25, 0.3) is 6.08 Å². The molecular formula is C25H17ClN4O6. The third kappa shape index (κ3) is 5.43. The molecule has 0 aromatic heterocycles. The minimum Gasteiger partial charge on any atom is -0.486 e. The van der Waals surface area contributed by atoms with E-state index >= 15 is 0 Å². The number of amides is 2. The summed E-state index contributed by atoms with van der Waals surface area (Å²) in [6.07, 6.45) is 1.30. The monoisotopic (exact) mass is 504 g/mol. The minimum absolute atomic E-state index is 0.142. The normalized spacial score (nSPS) is 12.3. The van der Waals surface area contributed by atoms with E-state index in [1.807, 2.05) is 0 Å². The lowest BCUT2D eigenvalue weighted by molar-refractivity contribution is -0.384. The molecule has 2 N–H and O–H groups in total. The highest BCUT2D eigenvalue weighted by atomic mass is 35.5. The predicted molar refractivity (Wildman–Crippen MR) is 132 cm³/mol. The molecule has 4 rings (SSSR count). The van der Waals surface area contributed by atoms with E-state index in [0.29, 0.717) is 21.8 Å². The molecule has 11 heteroatoms. The highest BCUT2D eigenvalue weighted by Gasteiger charge is 2.24. The third-order valence-electron chi connectivity index (χ3n) is 5.04. The maximum Gasteiger partial charge on any atom is 0.296 e. The van der Waals surface area contributed by atoms with Gasteiger partial charge in [-0.1, -0.05) is 35.9 Å². The number of hydrogen-bond acceptors (Lipinski definition) is 7. The Morgan fingerprint density at radius 1 is 1.03 bits per heavy atom. The van der Waals surface area contributed by atoms with Crippen LogP contribution < -0.4 is 20.1 Å². The fraction of sp³-hybridized carbons (Fsp3) is 0.0800. The number of carbonyl (C=O) groups excluding carboxylic acids is 2. The van der Waals surface area contributed by atoms with E-state index in [-0.39, 0.29) is 36.0 Å². The summed E-state index contributed by atoms with van der Waals surface area (Å²) in [5.41, 5.74) is 0.279. The van der Waals surface area contributed by atoms with Crippen LogP contribution in [0.3, 0.4) is 0 Å². The number of nitro groups is 1. The van der Waals surface area contributed by atoms with E-state index in [2.05, 4.69) is 10.6 Å². The topological polar surface area (TPSA) is 144 Å². The fourth-order valence-corrected chi connectivity index (χ4v) is 3.61. The quantitative estimate of drug-likeness (QED) is 0.212. The third-order valence-corrected chi connectivity index (χ3v) is 5.37. The lowest BCUT2D eigenvalue weighted by atomic mass is 10.1. The second-order valence-corrected chi connectivity index (χ2v) is 7.86. The second kappa shape index (κ2) is 10.6. The molecule has 36 heavy (non-hydrogen) atoms. The molecule has 1 heterocycles. The smallest absolute Gasteiger partial charge is 0.296 e. The number of nitrogens with one attached hydrogen (secondary N) is 2. The van der Waals surface area contributed by atoms with Crippen LogP contribution in [0.2, 0.25) is 5.02 Å². The number of nitriles is 1. The zero-order valence-corrected chi connectivity index (χ0v) is 19.2. The maximum atomic E-state index is 12.8. The summed E-state index contributed by atoms with van der Waals surface area (Å²) >= 11 is 6.07. The number of nitrogens with zero attached hydrogens (tertiary/aromatic N) is 2. The van der Waals surface area contributed by atoms with Gasteiger partial charge in [-0.25, -0.2) is 0 Å². The van der Waals surface area contributed by atoms with Crippen molar-refractivity contribution in [2.45, 2.75) is 0 Å². The van der Waals surface area contributed by atoms with Crippen molar-refractivity contribution >= 4 is 46.6 Å². The number of anilines is 2. The number of ether oxygens (including phenoxy) is 2. The summed E-state index contributed by atoms with van der Waals surface area (Å²) in [5, 5.41) is 26.5. The zero-order valence-electron chi connectivity index (χ0n) is 18.5. The van der Waals surface area contributed by atoms with Crippen LogP contribution in [0.5, 0.6) is 11.5 Å². The molecule has 3 aromatic rings. The zero-order chi connectivity index (χ0) is 25.7. The number of rotatable bonds is 6. The summed E-state index contributed by atoms with van der Waals surface area (Å²) in [6.45, 7) is 0.500. The van der Waals surface area contributed by atoms with E-state index in [1.165, 1.54) is 12.1 Å². The molecule has 0 saturated carbocycles. The summed E-state index contributed by atoms with van der Waals surface area (Å²) in [4.78, 5) is 36.2. The van der Waals surface area contributed by atoms with Crippen LogP contribution in [0.1, 0.15) is 15.9 Å². The molecule has 0 aliphatic carbocycles. The summed E-state index contributed by atoms with van der Waals surface area (Å²) in [7, 11) is 0. The molecule has 0 radical (unpaired) electrons. The van der Waals surface area contributed by atoms with Crippen molar-refractivity contribution in [3.63, 3.8) is 0 Å². The predicted octanol–water partition coefficient (Wildman–Crippen LogP) is 4.82. The van der Waals surface area contributed by atoms with Crippen LogP contribution in [0, 0.1) is 21.4 Å². The Morgan fingerprint density at radius 3 is 2.44 bits per heavy atom. The maximum absolute atomic E-state index is 12.8. The van der Waals surface area contributed by atoms with Crippen molar-refractivity contribution in [2.75, 3.05) is 23.8 Å². The highest BCUT2D eigenvalue weighted by Crippen LogP contribution is 2.39. The average molecular weight is 505 g/mol. The molecule has 10 nitrogen and oxygen atoms in total. The Balaban J connectivity index is 1.55. The minimum atomic E-state index is -0.859. The molecular weight excluding hydrogens is 488 g/mol. The van der Waals surface area contributed by atoms with Crippen LogP contribution in [-0.4, -0.2) is 30.0 Å². The van der Waals surface area contributed by atoms with Crippen LogP contribution >= 0.6 is 11.6 Å². The van der Waals surface area contributed by atoms with Gasteiger partial charge in [0.25, 0.3) is 17.5 Å². The van der Waals surface area contributed by atoms with E-state index < -0.39 is 22.4 Å². The molecule has 2 amide bonds. The summed E-state index contributed by atoms with van der Waals surface area (Å²) in [6, 6.07) is 17.3. The van der Waals surface area contributed by atoms with Gasteiger partial charge < -0.3 is 20.1 Å². The first-order chi connectivity index (χ1) is 17.4. The Kier molecular flexibility index (Phi) is 7.13. The van der Waals surface area contributed by atoms with Gasteiger partial charge in [0.15, 0.2) is 11.5 Å². The van der Waals surface area contributed by atoms with Crippen molar-refractivity contribution in [3.8, 4) is 17.6 Å². The molecule has 180 valence electrons. The Labute approximate surface area is 209 Å². The highest BCUT2D eigenvalue weighted by molar-refractivity contribution is 6.34. The fourth-order valence-electron chi connectivity index (χ4n) is 3.38. The Bertz CT molecular complexity index is 1450. The van der Waals surface area contributed by atoms with E-state index in [1.54, 1.807) is 54.6 Å². The average Bonchev–Trinajstić information content (AvgIpc) is 2.87. The van der Waals surface area contributed by atoms with Gasteiger partial charge in [-0.05, 0) is 35.9 Å². The first kappa shape index (κ1) is 24.3. The number of nitro benzene ring substituents is 1. The lowest BCUT2D eigenvalue weighted by Gasteiger charge is -2.19. The second-order valence-electron chi connectivity index (χ2n) is 7.45. The molecule has 0 unspecified atom stereocenters. The van der Waals surface area contributed by atoms with Crippen LogP contribution in [0.15, 0.2) is 66.2 Å². The van der Waals surface area contributed by atoms with E-state index in [4.69, 9.17) is 21.1 Å². The molecule has 0 saturated heterocycles. The van der Waals surface area contributed by atoms with E-state index in [0.717, 1.165) is 6.07 Å². The van der Waals surface area contributed by atoms with E-state index in [9.17, 15) is 25.0 Å². The molecule has 0 spiro atoms. The standard InChI is InChI=1S/C25H17ClN4O6/c26-19-7-2-1-6-18(19)25(32)28-17-5-3-4-15(11-17)10-16(14-27)24(31)29-20-12-22-23(36-9-8-35-22)13-21(20)30(33)34/h1-7,10-13H,8-9H2,(H,28,32)(H,29,31)/b16-10+. The molecule has 3 aromatic carbocycles.